The summed E-state index contributed by atoms with van der Waals surface area (Å²) in [6, 6.07) is 0. The third-order valence-corrected chi connectivity index (χ3v) is 2.85. The van der Waals surface area contributed by atoms with Crippen molar-refractivity contribution in [2.24, 2.45) is 0 Å². The normalized spacial score (nSPS) is 11.0. The van der Waals surface area contributed by atoms with E-state index in [1.807, 2.05) is 26.2 Å². The molecule has 2 rings (SSSR count). The Morgan fingerprint density at radius 1 is 1.20 bits per heavy atom. The highest BCUT2D eigenvalue weighted by Gasteiger charge is 2.09. The molecule has 0 atom stereocenters. The number of nitrogens with zero attached hydrogens (tertiary/aromatic N) is 4. The van der Waals surface area contributed by atoms with Gasteiger partial charge in [0.25, 0.3) is 0 Å². The van der Waals surface area contributed by atoms with Gasteiger partial charge in [0, 0.05) is 31.3 Å². The summed E-state index contributed by atoms with van der Waals surface area (Å²) in [5.41, 5.74) is 1.16. The fourth-order valence-electron chi connectivity index (χ4n) is 1.75. The minimum atomic E-state index is 0.263. The smallest absolute Gasteiger partial charge is 0.229 e. The van der Waals surface area contributed by atoms with Gasteiger partial charge in [-0.3, -0.25) is 0 Å². The average Bonchev–Trinajstić information content (AvgIpc) is 2.90. The molecule has 0 saturated heterocycles. The van der Waals surface area contributed by atoms with E-state index in [0.717, 1.165) is 18.4 Å². The molecule has 2 aromatic heterocycles. The predicted molar refractivity (Wildman–Crippen MR) is 76.6 cm³/mol. The van der Waals surface area contributed by atoms with Crippen LogP contribution in [0.2, 0.25) is 0 Å². The SMILES string of the molecule is CCCc1cnc(NCCc2noc(C(C)C)n2)nc1. The van der Waals surface area contributed by atoms with Crippen molar-refractivity contribution >= 4 is 5.95 Å². The van der Waals surface area contributed by atoms with Crippen molar-refractivity contribution in [3.05, 3.63) is 29.7 Å². The molecule has 0 radical (unpaired) electrons. The molecule has 0 aliphatic rings. The number of hydrogen-bond acceptors (Lipinski definition) is 6. The van der Waals surface area contributed by atoms with Crippen LogP contribution in [0.15, 0.2) is 16.9 Å². The zero-order chi connectivity index (χ0) is 14.4. The van der Waals surface area contributed by atoms with Gasteiger partial charge < -0.3 is 9.84 Å². The lowest BCUT2D eigenvalue weighted by Crippen LogP contribution is -2.09. The second-order valence-corrected chi connectivity index (χ2v) is 5.05. The van der Waals surface area contributed by atoms with Crippen LogP contribution in [-0.4, -0.2) is 26.7 Å². The van der Waals surface area contributed by atoms with E-state index >= 15 is 0 Å². The predicted octanol–water partition coefficient (Wildman–Crippen LogP) is 2.59. The molecule has 0 unspecified atom stereocenters. The molecule has 0 fully saturated rings. The summed E-state index contributed by atoms with van der Waals surface area (Å²) in [7, 11) is 0. The summed E-state index contributed by atoms with van der Waals surface area (Å²) in [5.74, 6) is 2.29. The third kappa shape index (κ3) is 4.01. The molecule has 0 amide bonds. The Morgan fingerprint density at radius 2 is 1.95 bits per heavy atom. The van der Waals surface area contributed by atoms with Crippen LogP contribution in [0.1, 0.15) is 50.4 Å². The van der Waals surface area contributed by atoms with E-state index in [2.05, 4.69) is 32.3 Å². The highest BCUT2D eigenvalue weighted by Crippen LogP contribution is 2.11. The Morgan fingerprint density at radius 3 is 2.55 bits per heavy atom. The minimum Gasteiger partial charge on any atom is -0.354 e. The molecule has 108 valence electrons. The number of aromatic nitrogens is 4. The highest BCUT2D eigenvalue weighted by atomic mass is 16.5. The Hall–Kier alpha value is -1.98. The van der Waals surface area contributed by atoms with Gasteiger partial charge in [-0.25, -0.2) is 9.97 Å². The van der Waals surface area contributed by atoms with Gasteiger partial charge in [-0.1, -0.05) is 32.3 Å². The first-order valence-corrected chi connectivity index (χ1v) is 7.06. The summed E-state index contributed by atoms with van der Waals surface area (Å²) in [6.45, 7) is 6.88. The van der Waals surface area contributed by atoms with Crippen LogP contribution in [-0.2, 0) is 12.8 Å². The number of rotatable bonds is 7. The fraction of sp³-hybridized carbons (Fsp3) is 0.571. The van der Waals surface area contributed by atoms with Gasteiger partial charge >= 0.3 is 0 Å². The molecule has 2 aromatic rings. The number of aryl methyl sites for hydroxylation is 1. The standard InChI is InChI=1S/C14H21N5O/c1-4-5-11-8-16-14(17-9-11)15-7-6-12-18-13(10(2)3)20-19-12/h8-10H,4-7H2,1-3H3,(H,15,16,17). The summed E-state index contributed by atoms with van der Waals surface area (Å²) < 4.78 is 5.15. The summed E-state index contributed by atoms with van der Waals surface area (Å²) in [4.78, 5) is 12.9. The lowest BCUT2D eigenvalue weighted by atomic mass is 10.2. The van der Waals surface area contributed by atoms with Crippen LogP contribution >= 0.6 is 0 Å². The third-order valence-electron chi connectivity index (χ3n) is 2.85. The summed E-state index contributed by atoms with van der Waals surface area (Å²) in [6.07, 6.45) is 6.54. The Kier molecular flexibility index (Phi) is 5.03. The van der Waals surface area contributed by atoms with Gasteiger partial charge in [0.15, 0.2) is 5.82 Å². The molecular weight excluding hydrogens is 254 g/mol. The molecule has 0 aromatic carbocycles. The lowest BCUT2D eigenvalue weighted by Gasteiger charge is -2.03. The van der Waals surface area contributed by atoms with Gasteiger partial charge in [0.05, 0.1) is 0 Å². The first-order chi connectivity index (χ1) is 9.69. The lowest BCUT2D eigenvalue weighted by molar-refractivity contribution is 0.361. The molecule has 0 aliphatic heterocycles. The Balaban J connectivity index is 1.79. The van der Waals surface area contributed by atoms with Crippen molar-refractivity contribution in [1.29, 1.82) is 0 Å². The van der Waals surface area contributed by atoms with E-state index in [4.69, 9.17) is 4.52 Å². The second kappa shape index (κ2) is 6.98. The second-order valence-electron chi connectivity index (χ2n) is 5.05. The van der Waals surface area contributed by atoms with Crippen LogP contribution < -0.4 is 5.32 Å². The molecule has 6 heteroatoms. The van der Waals surface area contributed by atoms with Crippen LogP contribution in [0.5, 0.6) is 0 Å². The zero-order valence-corrected chi connectivity index (χ0v) is 12.3. The molecule has 0 spiro atoms. The van der Waals surface area contributed by atoms with Crippen LogP contribution in [0.25, 0.3) is 0 Å². The topological polar surface area (TPSA) is 76.7 Å². The van der Waals surface area contributed by atoms with Crippen molar-refractivity contribution in [3.63, 3.8) is 0 Å². The Bertz CT molecular complexity index is 521. The van der Waals surface area contributed by atoms with Gasteiger partial charge in [-0.2, -0.15) is 4.98 Å². The maximum Gasteiger partial charge on any atom is 0.229 e. The largest absolute Gasteiger partial charge is 0.354 e. The zero-order valence-electron chi connectivity index (χ0n) is 12.3. The van der Waals surface area contributed by atoms with Crippen molar-refractivity contribution in [1.82, 2.24) is 20.1 Å². The molecule has 20 heavy (non-hydrogen) atoms. The molecule has 6 nitrogen and oxygen atoms in total. The fourth-order valence-corrected chi connectivity index (χ4v) is 1.75. The quantitative estimate of drug-likeness (QED) is 0.837. The molecule has 0 bridgehead atoms. The van der Waals surface area contributed by atoms with Crippen molar-refractivity contribution in [2.45, 2.75) is 46.0 Å². The summed E-state index contributed by atoms with van der Waals surface area (Å²) in [5, 5.41) is 7.10. The monoisotopic (exact) mass is 275 g/mol. The van der Waals surface area contributed by atoms with E-state index in [0.29, 0.717) is 30.6 Å². The van der Waals surface area contributed by atoms with Crippen molar-refractivity contribution < 1.29 is 4.52 Å². The maximum absolute atomic E-state index is 5.15. The number of hydrogen-bond donors (Lipinski definition) is 1. The van der Waals surface area contributed by atoms with Crippen LogP contribution in [0.4, 0.5) is 5.95 Å². The first kappa shape index (κ1) is 14.4. The molecule has 0 saturated carbocycles. The first-order valence-electron chi connectivity index (χ1n) is 7.06. The van der Waals surface area contributed by atoms with E-state index in [9.17, 15) is 0 Å². The van der Waals surface area contributed by atoms with Crippen LogP contribution in [0, 0.1) is 0 Å². The molecular formula is C14H21N5O. The van der Waals surface area contributed by atoms with Gasteiger partial charge in [0.2, 0.25) is 11.8 Å². The Labute approximate surface area is 119 Å². The van der Waals surface area contributed by atoms with E-state index < -0.39 is 0 Å². The highest BCUT2D eigenvalue weighted by molar-refractivity contribution is 5.24. The number of anilines is 1. The van der Waals surface area contributed by atoms with E-state index in [-0.39, 0.29) is 5.92 Å². The van der Waals surface area contributed by atoms with Gasteiger partial charge in [-0.15, -0.1) is 0 Å². The molecule has 2 heterocycles. The minimum absolute atomic E-state index is 0.263. The maximum atomic E-state index is 5.15. The van der Waals surface area contributed by atoms with Crippen LogP contribution in [0.3, 0.4) is 0 Å². The van der Waals surface area contributed by atoms with Gasteiger partial charge in [-0.05, 0) is 12.0 Å². The summed E-state index contributed by atoms with van der Waals surface area (Å²) >= 11 is 0. The van der Waals surface area contributed by atoms with Crippen molar-refractivity contribution in [3.8, 4) is 0 Å². The van der Waals surface area contributed by atoms with Crippen molar-refractivity contribution in [2.75, 3.05) is 11.9 Å². The number of nitrogens with one attached hydrogen (secondary N) is 1. The van der Waals surface area contributed by atoms with Gasteiger partial charge in [0.1, 0.15) is 0 Å². The molecule has 1 N–H and O–H groups in total. The molecule has 0 aliphatic carbocycles. The average molecular weight is 275 g/mol. The van der Waals surface area contributed by atoms with E-state index in [1.165, 1.54) is 0 Å². The van der Waals surface area contributed by atoms with E-state index in [1.54, 1.807) is 0 Å².